The van der Waals surface area contributed by atoms with Gasteiger partial charge in [-0.05, 0) is 32.3 Å². The molecule has 0 aliphatic rings. The lowest BCUT2D eigenvalue weighted by molar-refractivity contribution is -0.392. The van der Waals surface area contributed by atoms with Crippen LogP contribution in [0, 0.1) is 40.0 Å². The number of benzene rings is 1. The summed E-state index contributed by atoms with van der Waals surface area (Å²) in [7, 11) is 0. The highest BCUT2D eigenvalue weighted by Crippen LogP contribution is 2.39. The molecular weight excluding hydrogens is 512 g/mol. The van der Waals surface area contributed by atoms with Crippen LogP contribution in [0.1, 0.15) is 37.8 Å². The molecule has 192 valence electrons. The predicted octanol–water partition coefficient (Wildman–Crippen LogP) is 5.29. The maximum Gasteiger partial charge on any atom is 0.341 e. The number of pyridine rings is 1. The number of hydrogen-bond acceptors (Lipinski definition) is 9. The Bertz CT molecular complexity index is 1130. The molecule has 1 aromatic heterocycles. The van der Waals surface area contributed by atoms with Gasteiger partial charge < -0.3 is 20.9 Å². The second kappa shape index (κ2) is 12.9. The summed E-state index contributed by atoms with van der Waals surface area (Å²) >= 11 is 11.0. The first kappa shape index (κ1) is 29.6. The van der Waals surface area contributed by atoms with Gasteiger partial charge in [-0.2, -0.15) is 9.37 Å². The van der Waals surface area contributed by atoms with Crippen molar-refractivity contribution in [2.75, 3.05) is 17.7 Å². The number of aryl methyl sites for hydroxylation is 1. The van der Waals surface area contributed by atoms with E-state index in [1.807, 2.05) is 13.8 Å². The van der Waals surface area contributed by atoms with Crippen molar-refractivity contribution in [2.24, 2.45) is 0 Å². The molecule has 0 fully saturated rings. The van der Waals surface area contributed by atoms with Crippen molar-refractivity contribution in [3.8, 4) is 5.88 Å². The zero-order valence-electron chi connectivity index (χ0n) is 19.2. The Morgan fingerprint density at radius 1 is 1.23 bits per heavy atom. The van der Waals surface area contributed by atoms with E-state index in [4.69, 9.17) is 34.0 Å². The summed E-state index contributed by atoms with van der Waals surface area (Å²) in [5, 5.41) is 33.1. The SMILES string of the molecule is CCC(CC)Nc1c([N+](=O)[O-])cc(C)c(C)c1[N+](=O)[O-].Nc1c(Cl)c(F)nc(OCC(=O)O)c1Cl. The molecule has 2 aromatic rings. The monoisotopic (exact) mass is 535 g/mol. The summed E-state index contributed by atoms with van der Waals surface area (Å²) in [6.45, 7) is 6.40. The van der Waals surface area contributed by atoms with Crippen molar-refractivity contribution in [1.29, 1.82) is 0 Å². The Balaban J connectivity index is 0.000000365. The van der Waals surface area contributed by atoms with E-state index in [-0.39, 0.29) is 33.8 Å². The van der Waals surface area contributed by atoms with Crippen molar-refractivity contribution in [2.45, 2.75) is 46.6 Å². The standard InChI is InChI=1S/C13H19N3O4.C7H5Cl2FN2O3/c1-5-10(6-2)14-12-11(15(17)18)7-8(3)9(4)13(12)16(19)20;8-3-5(11)4(9)7(12-6(3)10)15-1-2(13)14/h7,10,14H,5-6H2,1-4H3;1H2,(H2,11,12)(H,13,14). The molecule has 0 bridgehead atoms. The minimum absolute atomic E-state index is 0.0109. The molecule has 0 amide bonds. The molecule has 35 heavy (non-hydrogen) atoms. The second-order valence-corrected chi connectivity index (χ2v) is 7.92. The zero-order chi connectivity index (χ0) is 27.0. The first-order valence-corrected chi connectivity index (χ1v) is 10.9. The van der Waals surface area contributed by atoms with Gasteiger partial charge in [0.1, 0.15) is 10.0 Å². The minimum Gasteiger partial charge on any atom is -0.479 e. The Kier molecular flexibility index (Phi) is 10.9. The lowest BCUT2D eigenvalue weighted by Gasteiger charge is -2.17. The number of nitrogens with zero attached hydrogens (tertiary/aromatic N) is 3. The highest BCUT2D eigenvalue weighted by Gasteiger charge is 2.30. The van der Waals surface area contributed by atoms with Crippen LogP contribution in [0.2, 0.25) is 10.0 Å². The van der Waals surface area contributed by atoms with Crippen LogP contribution in [0.15, 0.2) is 6.07 Å². The Labute approximate surface area is 209 Å². The predicted molar refractivity (Wildman–Crippen MR) is 129 cm³/mol. The van der Waals surface area contributed by atoms with Gasteiger partial charge in [0.25, 0.3) is 5.69 Å². The molecule has 12 nitrogen and oxygen atoms in total. The van der Waals surface area contributed by atoms with Gasteiger partial charge in [0.2, 0.25) is 11.8 Å². The number of nitrogens with two attached hydrogens (primary N) is 1. The van der Waals surface area contributed by atoms with Gasteiger partial charge in [-0.15, -0.1) is 0 Å². The molecule has 15 heteroatoms. The lowest BCUT2D eigenvalue weighted by Crippen LogP contribution is -2.19. The number of aliphatic carboxylic acids is 1. The largest absolute Gasteiger partial charge is 0.479 e. The van der Waals surface area contributed by atoms with E-state index < -0.39 is 39.3 Å². The van der Waals surface area contributed by atoms with Crippen LogP contribution < -0.4 is 15.8 Å². The van der Waals surface area contributed by atoms with Crippen molar-refractivity contribution in [3.05, 3.63) is 53.4 Å². The average molecular weight is 536 g/mol. The minimum atomic E-state index is -1.25. The number of nitrogen functional groups attached to an aromatic ring is 1. The summed E-state index contributed by atoms with van der Waals surface area (Å²) < 4.78 is 17.5. The summed E-state index contributed by atoms with van der Waals surface area (Å²) in [6.07, 6.45) is 1.47. The lowest BCUT2D eigenvalue weighted by atomic mass is 10.0. The van der Waals surface area contributed by atoms with Crippen molar-refractivity contribution in [3.63, 3.8) is 0 Å². The van der Waals surface area contributed by atoms with E-state index in [2.05, 4.69) is 15.0 Å². The maximum atomic E-state index is 12.9. The molecule has 0 saturated carbocycles. The van der Waals surface area contributed by atoms with Crippen LogP contribution in [0.5, 0.6) is 5.88 Å². The number of nitrogens with one attached hydrogen (secondary N) is 1. The van der Waals surface area contributed by atoms with E-state index in [0.717, 1.165) is 12.8 Å². The average Bonchev–Trinajstić information content (AvgIpc) is 2.79. The molecule has 0 saturated heterocycles. The van der Waals surface area contributed by atoms with Gasteiger partial charge >= 0.3 is 11.7 Å². The smallest absolute Gasteiger partial charge is 0.341 e. The first-order chi connectivity index (χ1) is 16.3. The fourth-order valence-corrected chi connectivity index (χ4v) is 3.20. The van der Waals surface area contributed by atoms with E-state index in [1.165, 1.54) is 6.07 Å². The van der Waals surface area contributed by atoms with Gasteiger partial charge in [-0.1, -0.05) is 37.0 Å². The number of aromatic nitrogens is 1. The number of hydrogen-bond donors (Lipinski definition) is 3. The number of carboxylic acid groups (broad SMARTS) is 1. The van der Waals surface area contributed by atoms with E-state index in [1.54, 1.807) is 13.8 Å². The third-order valence-corrected chi connectivity index (χ3v) is 5.60. The van der Waals surface area contributed by atoms with Gasteiger partial charge in [-0.3, -0.25) is 20.2 Å². The van der Waals surface area contributed by atoms with Crippen molar-refractivity contribution >= 4 is 51.9 Å². The van der Waals surface area contributed by atoms with Gasteiger partial charge in [0.05, 0.1) is 15.5 Å². The fourth-order valence-electron chi connectivity index (χ4n) is 2.83. The number of nitro benzene ring substituents is 2. The maximum absolute atomic E-state index is 12.9. The number of carbonyl (C=O) groups is 1. The van der Waals surface area contributed by atoms with Crippen LogP contribution in [0.4, 0.5) is 27.1 Å². The molecule has 0 atom stereocenters. The van der Waals surface area contributed by atoms with Crippen LogP contribution in [-0.2, 0) is 4.79 Å². The van der Waals surface area contributed by atoms with Gasteiger partial charge in [-0.25, -0.2) is 4.79 Å². The zero-order valence-corrected chi connectivity index (χ0v) is 20.7. The van der Waals surface area contributed by atoms with Crippen LogP contribution in [-0.4, -0.2) is 38.6 Å². The Hall–Kier alpha value is -3.45. The van der Waals surface area contributed by atoms with Crippen LogP contribution >= 0.6 is 23.2 Å². The summed E-state index contributed by atoms with van der Waals surface area (Å²) in [4.78, 5) is 34.7. The highest BCUT2D eigenvalue weighted by atomic mass is 35.5. The van der Waals surface area contributed by atoms with Crippen LogP contribution in [0.25, 0.3) is 0 Å². The van der Waals surface area contributed by atoms with E-state index >= 15 is 0 Å². The molecular formula is C20H24Cl2FN5O7. The number of rotatable bonds is 9. The molecule has 0 radical (unpaired) electrons. The summed E-state index contributed by atoms with van der Waals surface area (Å²) in [6, 6.07) is 1.35. The topological polar surface area (TPSA) is 184 Å². The Morgan fingerprint density at radius 3 is 2.26 bits per heavy atom. The third kappa shape index (κ3) is 7.52. The second-order valence-electron chi connectivity index (χ2n) is 7.16. The van der Waals surface area contributed by atoms with E-state index in [0.29, 0.717) is 11.1 Å². The molecule has 0 spiro atoms. The number of carboxylic acids is 1. The normalized spacial score (nSPS) is 10.4. The number of ether oxygens (including phenoxy) is 1. The fraction of sp³-hybridized carbons (Fsp3) is 0.400. The molecule has 1 heterocycles. The first-order valence-electron chi connectivity index (χ1n) is 10.1. The third-order valence-electron chi connectivity index (χ3n) is 4.88. The molecule has 1 aromatic carbocycles. The molecule has 0 unspecified atom stereocenters. The number of nitro groups is 2. The highest BCUT2D eigenvalue weighted by molar-refractivity contribution is 6.39. The summed E-state index contributed by atoms with van der Waals surface area (Å²) in [5.74, 6) is -2.72. The Morgan fingerprint density at radius 2 is 1.80 bits per heavy atom. The van der Waals surface area contributed by atoms with Gasteiger partial charge in [0.15, 0.2) is 12.3 Å². The van der Waals surface area contributed by atoms with E-state index in [9.17, 15) is 29.4 Å². The van der Waals surface area contributed by atoms with Crippen molar-refractivity contribution < 1.29 is 28.9 Å². The summed E-state index contributed by atoms with van der Waals surface area (Å²) in [5.41, 5.74) is 5.63. The molecule has 0 aliphatic heterocycles. The molecule has 0 aliphatic carbocycles. The molecule has 2 rings (SSSR count). The quantitative estimate of drug-likeness (QED) is 0.216. The number of halogens is 3. The molecule has 4 N–H and O–H groups in total. The number of anilines is 2. The van der Waals surface area contributed by atoms with Crippen molar-refractivity contribution in [1.82, 2.24) is 4.98 Å². The van der Waals surface area contributed by atoms with Crippen LogP contribution in [0.3, 0.4) is 0 Å². The van der Waals surface area contributed by atoms with Gasteiger partial charge in [0, 0.05) is 17.7 Å².